The largest absolute Gasteiger partial charge is 0.318 e. The third-order valence-electron chi connectivity index (χ3n) is 1.93. The molecule has 1 fully saturated rings. The van der Waals surface area contributed by atoms with Crippen LogP contribution in [0.4, 0.5) is 0 Å². The van der Waals surface area contributed by atoms with E-state index in [2.05, 4.69) is 5.32 Å². The Hall–Kier alpha value is -0.550. The lowest BCUT2D eigenvalue weighted by Crippen LogP contribution is -2.51. The highest BCUT2D eigenvalue weighted by molar-refractivity contribution is 8.00. The van der Waals surface area contributed by atoms with Gasteiger partial charge in [0.25, 0.3) is 0 Å². The number of nitrogens with one attached hydrogen (secondary N) is 1. The molecule has 0 spiro atoms. The zero-order valence-corrected chi connectivity index (χ0v) is 8.69. The number of carbonyl (C=O) groups is 2. The van der Waals surface area contributed by atoms with Crippen LogP contribution in [0.15, 0.2) is 0 Å². The van der Waals surface area contributed by atoms with Crippen LogP contribution in [0.2, 0.25) is 0 Å². The molecule has 4 nitrogen and oxygen atoms in total. The van der Waals surface area contributed by atoms with Gasteiger partial charge in [0.2, 0.25) is 11.8 Å². The van der Waals surface area contributed by atoms with Crippen LogP contribution in [0.5, 0.6) is 0 Å². The maximum Gasteiger partial charge on any atom is 0.239 e. The van der Waals surface area contributed by atoms with E-state index in [1.54, 1.807) is 0 Å². The van der Waals surface area contributed by atoms with Crippen molar-refractivity contribution in [2.75, 3.05) is 25.1 Å². The Morgan fingerprint density at radius 2 is 2.00 bits per heavy atom. The Kier molecular flexibility index (Phi) is 3.74. The van der Waals surface area contributed by atoms with Gasteiger partial charge in [-0.15, -0.1) is 11.8 Å². The first kappa shape index (κ1) is 10.5. The van der Waals surface area contributed by atoms with Gasteiger partial charge in [-0.1, -0.05) is 0 Å². The average Bonchev–Trinajstić information content (AvgIpc) is 2.04. The molecule has 1 unspecified atom stereocenters. The van der Waals surface area contributed by atoms with Gasteiger partial charge in [0, 0.05) is 12.6 Å². The standard InChI is InChI=1S/C8H14N2O2S/c1-6(3-9-2)10-7(11)4-13-5-8(10)12/h6,9H,3-5H2,1-2H3. The molecule has 1 aliphatic heterocycles. The lowest BCUT2D eigenvalue weighted by atomic mass is 10.2. The molecule has 0 bridgehead atoms. The second-order valence-electron chi connectivity index (χ2n) is 3.06. The third kappa shape index (κ3) is 2.45. The number of likely N-dealkylation sites (N-methyl/N-ethyl adjacent to an activating group) is 1. The van der Waals surface area contributed by atoms with Crippen LogP contribution in [0.3, 0.4) is 0 Å². The monoisotopic (exact) mass is 202 g/mol. The Bertz CT molecular complexity index is 204. The predicted molar refractivity (Wildman–Crippen MR) is 52.6 cm³/mol. The molecule has 2 amide bonds. The lowest BCUT2D eigenvalue weighted by molar-refractivity contribution is -0.144. The number of imide groups is 1. The molecular formula is C8H14N2O2S. The summed E-state index contributed by atoms with van der Waals surface area (Å²) in [6.07, 6.45) is 0. The van der Waals surface area contributed by atoms with Gasteiger partial charge in [0.05, 0.1) is 11.5 Å². The lowest BCUT2D eigenvalue weighted by Gasteiger charge is -2.30. The summed E-state index contributed by atoms with van der Waals surface area (Å²) in [5.74, 6) is 0.729. The topological polar surface area (TPSA) is 49.4 Å². The number of hydrogen-bond donors (Lipinski definition) is 1. The molecule has 1 saturated heterocycles. The first-order chi connectivity index (χ1) is 6.16. The third-order valence-corrected chi connectivity index (χ3v) is 2.83. The van der Waals surface area contributed by atoms with Crippen LogP contribution in [0.25, 0.3) is 0 Å². The zero-order chi connectivity index (χ0) is 9.84. The normalized spacial score (nSPS) is 20.6. The minimum absolute atomic E-state index is 0.0362. The van der Waals surface area contributed by atoms with Crippen LogP contribution in [-0.4, -0.2) is 47.9 Å². The molecule has 13 heavy (non-hydrogen) atoms. The first-order valence-corrected chi connectivity index (χ1v) is 5.39. The summed E-state index contributed by atoms with van der Waals surface area (Å²) in [5.41, 5.74) is 0. The van der Waals surface area contributed by atoms with E-state index in [9.17, 15) is 9.59 Å². The van der Waals surface area contributed by atoms with E-state index in [0.717, 1.165) is 0 Å². The van der Waals surface area contributed by atoms with Crippen LogP contribution in [0, 0.1) is 0 Å². The summed E-state index contributed by atoms with van der Waals surface area (Å²) in [6, 6.07) is -0.0362. The summed E-state index contributed by atoms with van der Waals surface area (Å²) in [5, 5.41) is 2.95. The quantitative estimate of drug-likeness (QED) is 0.638. The highest BCUT2D eigenvalue weighted by Crippen LogP contribution is 2.14. The van der Waals surface area contributed by atoms with Gasteiger partial charge in [-0.25, -0.2) is 0 Å². The van der Waals surface area contributed by atoms with Crippen molar-refractivity contribution in [1.29, 1.82) is 0 Å². The average molecular weight is 202 g/mol. The van der Waals surface area contributed by atoms with Crippen molar-refractivity contribution in [3.8, 4) is 0 Å². The molecule has 0 aromatic rings. The zero-order valence-electron chi connectivity index (χ0n) is 7.87. The van der Waals surface area contributed by atoms with Crippen molar-refractivity contribution >= 4 is 23.6 Å². The molecule has 0 radical (unpaired) electrons. The van der Waals surface area contributed by atoms with Gasteiger partial charge in [-0.05, 0) is 14.0 Å². The van der Waals surface area contributed by atoms with Gasteiger partial charge >= 0.3 is 0 Å². The number of hydrogen-bond acceptors (Lipinski definition) is 4. The van der Waals surface area contributed by atoms with Crippen molar-refractivity contribution < 1.29 is 9.59 Å². The Balaban J connectivity index is 2.62. The highest BCUT2D eigenvalue weighted by Gasteiger charge is 2.29. The minimum atomic E-state index is -0.0657. The van der Waals surface area contributed by atoms with Gasteiger partial charge in [-0.3, -0.25) is 14.5 Å². The van der Waals surface area contributed by atoms with E-state index in [-0.39, 0.29) is 17.9 Å². The molecule has 1 heterocycles. The SMILES string of the molecule is CNCC(C)N1C(=O)CSCC1=O. The summed E-state index contributed by atoms with van der Waals surface area (Å²) in [6.45, 7) is 2.53. The maximum atomic E-state index is 11.4. The molecule has 1 atom stereocenters. The molecule has 1 rings (SSSR count). The van der Waals surface area contributed by atoms with E-state index in [1.165, 1.54) is 16.7 Å². The van der Waals surface area contributed by atoms with E-state index in [4.69, 9.17) is 0 Å². The van der Waals surface area contributed by atoms with Crippen LogP contribution >= 0.6 is 11.8 Å². The predicted octanol–water partition coefficient (Wildman–Crippen LogP) is -0.304. The van der Waals surface area contributed by atoms with Crippen LogP contribution < -0.4 is 5.32 Å². The maximum absolute atomic E-state index is 11.4. The fraction of sp³-hybridized carbons (Fsp3) is 0.750. The Labute approximate surface area is 82.0 Å². The Morgan fingerprint density at radius 1 is 1.46 bits per heavy atom. The first-order valence-electron chi connectivity index (χ1n) is 4.24. The fourth-order valence-electron chi connectivity index (χ4n) is 1.38. The molecule has 74 valence electrons. The summed E-state index contributed by atoms with van der Waals surface area (Å²) in [4.78, 5) is 24.1. The number of carbonyl (C=O) groups excluding carboxylic acids is 2. The van der Waals surface area contributed by atoms with E-state index in [1.807, 2.05) is 14.0 Å². The minimum Gasteiger partial charge on any atom is -0.318 e. The number of rotatable bonds is 3. The van der Waals surface area contributed by atoms with Gasteiger partial charge in [0.1, 0.15) is 0 Å². The molecule has 1 N–H and O–H groups in total. The molecule has 0 aromatic carbocycles. The van der Waals surface area contributed by atoms with Gasteiger partial charge < -0.3 is 5.32 Å². The fourth-order valence-corrected chi connectivity index (χ4v) is 2.11. The molecule has 0 aromatic heterocycles. The second kappa shape index (κ2) is 4.62. The molecule has 0 aliphatic carbocycles. The van der Waals surface area contributed by atoms with Crippen molar-refractivity contribution in [3.05, 3.63) is 0 Å². The second-order valence-corrected chi connectivity index (χ2v) is 4.04. The molecule has 1 aliphatic rings. The number of amides is 2. The summed E-state index contributed by atoms with van der Waals surface area (Å²) >= 11 is 1.39. The van der Waals surface area contributed by atoms with Gasteiger partial charge in [-0.2, -0.15) is 0 Å². The number of thioether (sulfide) groups is 1. The van der Waals surface area contributed by atoms with Crippen molar-refractivity contribution in [1.82, 2.24) is 10.2 Å². The van der Waals surface area contributed by atoms with Crippen molar-refractivity contribution in [3.63, 3.8) is 0 Å². The summed E-state index contributed by atoms with van der Waals surface area (Å²) in [7, 11) is 1.81. The van der Waals surface area contributed by atoms with Crippen molar-refractivity contribution in [2.24, 2.45) is 0 Å². The van der Waals surface area contributed by atoms with E-state index in [0.29, 0.717) is 18.1 Å². The molecular weight excluding hydrogens is 188 g/mol. The van der Waals surface area contributed by atoms with E-state index >= 15 is 0 Å². The van der Waals surface area contributed by atoms with E-state index < -0.39 is 0 Å². The van der Waals surface area contributed by atoms with Crippen molar-refractivity contribution in [2.45, 2.75) is 13.0 Å². The molecule has 0 saturated carbocycles. The summed E-state index contributed by atoms with van der Waals surface area (Å²) < 4.78 is 0. The van der Waals surface area contributed by atoms with Crippen LogP contribution in [0.1, 0.15) is 6.92 Å². The number of nitrogens with zero attached hydrogens (tertiary/aromatic N) is 1. The smallest absolute Gasteiger partial charge is 0.239 e. The van der Waals surface area contributed by atoms with Gasteiger partial charge in [0.15, 0.2) is 0 Å². The molecule has 5 heteroatoms. The highest BCUT2D eigenvalue weighted by atomic mass is 32.2. The Morgan fingerprint density at radius 3 is 2.46 bits per heavy atom. The van der Waals surface area contributed by atoms with Crippen LogP contribution in [-0.2, 0) is 9.59 Å².